The van der Waals surface area contributed by atoms with E-state index in [4.69, 9.17) is 0 Å². The van der Waals surface area contributed by atoms with Crippen LogP contribution >= 0.6 is 0 Å². The molecule has 23 heavy (non-hydrogen) atoms. The van der Waals surface area contributed by atoms with Gasteiger partial charge in [-0.3, -0.25) is 9.59 Å². The summed E-state index contributed by atoms with van der Waals surface area (Å²) in [5.41, 5.74) is 0.882. The standard InChI is InChI=1S/C18H25N3O2/c1-3-20-9-11-21(12-10-20)18(23)16-13-15(16)17(22)19(2)14-7-5-4-6-8-14/h4-8,15-16H,3,9-13H2,1-2H3. The molecule has 5 heteroatoms. The molecule has 3 rings (SSSR count). The fourth-order valence-electron chi connectivity index (χ4n) is 3.29. The summed E-state index contributed by atoms with van der Waals surface area (Å²) >= 11 is 0. The summed E-state index contributed by atoms with van der Waals surface area (Å²) in [6.07, 6.45) is 0.697. The van der Waals surface area contributed by atoms with E-state index in [1.807, 2.05) is 35.2 Å². The molecule has 0 spiro atoms. The minimum atomic E-state index is -0.142. The molecule has 0 N–H and O–H groups in total. The number of nitrogens with zero attached hydrogens (tertiary/aromatic N) is 3. The summed E-state index contributed by atoms with van der Waals surface area (Å²) < 4.78 is 0. The highest BCUT2D eigenvalue weighted by Crippen LogP contribution is 2.42. The molecule has 2 fully saturated rings. The van der Waals surface area contributed by atoms with Crippen LogP contribution < -0.4 is 4.90 Å². The van der Waals surface area contributed by atoms with Gasteiger partial charge in [-0.15, -0.1) is 0 Å². The van der Waals surface area contributed by atoms with Crippen molar-refractivity contribution in [2.45, 2.75) is 13.3 Å². The van der Waals surface area contributed by atoms with E-state index in [1.165, 1.54) is 0 Å². The predicted molar refractivity (Wildman–Crippen MR) is 90.1 cm³/mol. The molecule has 0 radical (unpaired) electrons. The van der Waals surface area contributed by atoms with Gasteiger partial charge in [-0.05, 0) is 25.1 Å². The normalized spacial score (nSPS) is 24.3. The van der Waals surface area contributed by atoms with E-state index in [0.29, 0.717) is 6.42 Å². The summed E-state index contributed by atoms with van der Waals surface area (Å²) in [4.78, 5) is 31.1. The molecule has 1 heterocycles. The van der Waals surface area contributed by atoms with Crippen LogP contribution in [0.15, 0.2) is 30.3 Å². The van der Waals surface area contributed by atoms with Crippen molar-refractivity contribution < 1.29 is 9.59 Å². The van der Waals surface area contributed by atoms with E-state index < -0.39 is 0 Å². The third kappa shape index (κ3) is 3.39. The van der Waals surface area contributed by atoms with Crippen molar-refractivity contribution in [3.63, 3.8) is 0 Å². The summed E-state index contributed by atoms with van der Waals surface area (Å²) in [7, 11) is 1.79. The fourth-order valence-corrected chi connectivity index (χ4v) is 3.29. The zero-order chi connectivity index (χ0) is 16.4. The Balaban J connectivity index is 1.54. The molecule has 2 amide bonds. The van der Waals surface area contributed by atoms with Gasteiger partial charge < -0.3 is 14.7 Å². The van der Waals surface area contributed by atoms with E-state index in [9.17, 15) is 9.59 Å². The van der Waals surface area contributed by atoms with Crippen molar-refractivity contribution in [1.82, 2.24) is 9.80 Å². The summed E-state index contributed by atoms with van der Waals surface area (Å²) in [5, 5.41) is 0. The number of rotatable bonds is 4. The van der Waals surface area contributed by atoms with Gasteiger partial charge in [-0.2, -0.15) is 0 Å². The van der Waals surface area contributed by atoms with Crippen LogP contribution in [0, 0.1) is 11.8 Å². The zero-order valence-electron chi connectivity index (χ0n) is 13.9. The molecule has 1 aromatic rings. The van der Waals surface area contributed by atoms with Crippen LogP contribution in [0.4, 0.5) is 5.69 Å². The Hall–Kier alpha value is -1.88. The number of carbonyl (C=O) groups is 2. The third-order valence-electron chi connectivity index (χ3n) is 5.03. The number of likely N-dealkylation sites (N-methyl/N-ethyl adjacent to an activating group) is 1. The largest absolute Gasteiger partial charge is 0.340 e. The van der Waals surface area contributed by atoms with Gasteiger partial charge in [0.2, 0.25) is 11.8 Å². The molecule has 2 atom stereocenters. The number of anilines is 1. The van der Waals surface area contributed by atoms with Crippen LogP contribution in [0.3, 0.4) is 0 Å². The number of hydrogen-bond donors (Lipinski definition) is 0. The fraction of sp³-hybridized carbons (Fsp3) is 0.556. The lowest BCUT2D eigenvalue weighted by atomic mass is 10.2. The third-order valence-corrected chi connectivity index (χ3v) is 5.03. The first-order valence-electron chi connectivity index (χ1n) is 8.45. The molecular weight excluding hydrogens is 290 g/mol. The second-order valence-electron chi connectivity index (χ2n) is 6.44. The number of benzene rings is 1. The van der Waals surface area contributed by atoms with Gasteiger partial charge >= 0.3 is 0 Å². The minimum absolute atomic E-state index is 0.0572. The van der Waals surface area contributed by atoms with Crippen LogP contribution in [0.2, 0.25) is 0 Å². The molecule has 5 nitrogen and oxygen atoms in total. The van der Waals surface area contributed by atoms with E-state index in [0.717, 1.165) is 38.4 Å². The van der Waals surface area contributed by atoms with E-state index >= 15 is 0 Å². The van der Waals surface area contributed by atoms with Crippen molar-refractivity contribution in [2.24, 2.45) is 11.8 Å². The van der Waals surface area contributed by atoms with Crippen LogP contribution in [0.1, 0.15) is 13.3 Å². The molecule has 2 aliphatic rings. The molecule has 0 aromatic heterocycles. The maximum Gasteiger partial charge on any atom is 0.230 e. The van der Waals surface area contributed by atoms with E-state index in [1.54, 1.807) is 11.9 Å². The molecule has 124 valence electrons. The summed E-state index contributed by atoms with van der Waals surface area (Å²) in [5.74, 6) is -0.0268. The maximum atomic E-state index is 12.6. The molecule has 1 saturated heterocycles. The van der Waals surface area contributed by atoms with E-state index in [2.05, 4.69) is 11.8 Å². The number of carbonyl (C=O) groups excluding carboxylic acids is 2. The second kappa shape index (κ2) is 6.71. The number of hydrogen-bond acceptors (Lipinski definition) is 3. The van der Waals surface area contributed by atoms with E-state index in [-0.39, 0.29) is 23.7 Å². The predicted octanol–water partition coefficient (Wildman–Crippen LogP) is 1.45. The number of para-hydroxylation sites is 1. The van der Waals surface area contributed by atoms with Crippen molar-refractivity contribution >= 4 is 17.5 Å². The van der Waals surface area contributed by atoms with Gasteiger partial charge in [0, 0.05) is 38.9 Å². The average Bonchev–Trinajstić information content (AvgIpc) is 3.41. The van der Waals surface area contributed by atoms with Crippen LogP contribution in [0.5, 0.6) is 0 Å². The molecule has 1 aromatic carbocycles. The van der Waals surface area contributed by atoms with Crippen LogP contribution in [-0.2, 0) is 9.59 Å². The van der Waals surface area contributed by atoms with Gasteiger partial charge in [0.1, 0.15) is 0 Å². The van der Waals surface area contributed by atoms with Crippen molar-refractivity contribution in [3.8, 4) is 0 Å². The lowest BCUT2D eigenvalue weighted by molar-refractivity contribution is -0.135. The molecule has 0 bridgehead atoms. The van der Waals surface area contributed by atoms with Crippen molar-refractivity contribution in [3.05, 3.63) is 30.3 Å². The quantitative estimate of drug-likeness (QED) is 0.845. The highest BCUT2D eigenvalue weighted by atomic mass is 16.2. The number of amides is 2. The second-order valence-corrected chi connectivity index (χ2v) is 6.44. The molecule has 1 saturated carbocycles. The number of piperazine rings is 1. The van der Waals surface area contributed by atoms with Crippen LogP contribution in [0.25, 0.3) is 0 Å². The lowest BCUT2D eigenvalue weighted by Crippen LogP contribution is -2.49. The summed E-state index contributed by atoms with van der Waals surface area (Å²) in [6, 6.07) is 9.60. The Morgan fingerprint density at radius 3 is 2.35 bits per heavy atom. The molecule has 1 aliphatic heterocycles. The first-order valence-corrected chi connectivity index (χ1v) is 8.45. The van der Waals surface area contributed by atoms with Crippen molar-refractivity contribution in [2.75, 3.05) is 44.7 Å². The Bertz CT molecular complexity index is 567. The van der Waals surface area contributed by atoms with Gasteiger partial charge in [0.05, 0.1) is 11.8 Å². The minimum Gasteiger partial charge on any atom is -0.340 e. The topological polar surface area (TPSA) is 43.9 Å². The Labute approximate surface area is 137 Å². The first kappa shape index (κ1) is 16.0. The smallest absolute Gasteiger partial charge is 0.230 e. The Kier molecular flexibility index (Phi) is 4.66. The highest BCUT2D eigenvalue weighted by molar-refractivity contribution is 6.00. The Morgan fingerprint density at radius 1 is 1.09 bits per heavy atom. The van der Waals surface area contributed by atoms with Crippen LogP contribution in [-0.4, -0.2) is 61.4 Å². The first-order chi connectivity index (χ1) is 11.1. The van der Waals surface area contributed by atoms with Gasteiger partial charge in [-0.1, -0.05) is 25.1 Å². The molecule has 2 unspecified atom stereocenters. The maximum absolute atomic E-state index is 12.6. The molecular formula is C18H25N3O2. The van der Waals surface area contributed by atoms with Crippen molar-refractivity contribution in [1.29, 1.82) is 0 Å². The average molecular weight is 315 g/mol. The summed E-state index contributed by atoms with van der Waals surface area (Å²) in [6.45, 7) is 6.65. The van der Waals surface area contributed by atoms with Gasteiger partial charge in [0.25, 0.3) is 0 Å². The molecule has 1 aliphatic carbocycles. The Morgan fingerprint density at radius 2 is 1.74 bits per heavy atom. The highest BCUT2D eigenvalue weighted by Gasteiger charge is 2.50. The zero-order valence-corrected chi connectivity index (χ0v) is 13.9. The lowest BCUT2D eigenvalue weighted by Gasteiger charge is -2.34. The van der Waals surface area contributed by atoms with Gasteiger partial charge in [-0.25, -0.2) is 0 Å². The monoisotopic (exact) mass is 315 g/mol. The van der Waals surface area contributed by atoms with Gasteiger partial charge in [0.15, 0.2) is 0 Å². The SMILES string of the molecule is CCN1CCN(C(=O)C2CC2C(=O)N(C)c2ccccc2)CC1.